The second-order valence-corrected chi connectivity index (χ2v) is 2.23. The summed E-state index contributed by atoms with van der Waals surface area (Å²) in [4.78, 5) is 21.6. The number of hydrogen-bond donors (Lipinski definition) is 1. The molecule has 4 heteroatoms. The van der Waals surface area contributed by atoms with Crippen LogP contribution in [0.5, 0.6) is 0 Å². The lowest BCUT2D eigenvalue weighted by Crippen LogP contribution is -2.20. The monoisotopic (exact) mass is 172 g/mol. The zero-order valence-electron chi connectivity index (χ0n) is 7.00. The Balaban J connectivity index is 3.93. The molecule has 0 aromatic carbocycles. The smallest absolute Gasteiger partial charge is 0.379 e. The van der Waals surface area contributed by atoms with Crippen molar-refractivity contribution in [2.75, 3.05) is 13.2 Å². The van der Waals surface area contributed by atoms with Crippen LogP contribution in [-0.2, 0) is 14.3 Å². The molecule has 1 N–H and O–H groups in total. The molecule has 0 spiro atoms. The van der Waals surface area contributed by atoms with Crippen LogP contribution >= 0.6 is 0 Å². The van der Waals surface area contributed by atoms with Gasteiger partial charge in [-0.2, -0.15) is 0 Å². The van der Waals surface area contributed by atoms with E-state index in [1.165, 1.54) is 0 Å². The zero-order valence-corrected chi connectivity index (χ0v) is 7.00. The number of carbonyl (C=O) groups excluding carboxylic acids is 2. The second-order valence-electron chi connectivity index (χ2n) is 2.23. The first-order valence-electron chi connectivity index (χ1n) is 3.63. The van der Waals surface area contributed by atoms with Gasteiger partial charge < -0.3 is 9.84 Å². The Hall–Kier alpha value is -1.16. The van der Waals surface area contributed by atoms with Crippen LogP contribution < -0.4 is 0 Å². The summed E-state index contributed by atoms with van der Waals surface area (Å²) in [6, 6.07) is 0. The molecule has 12 heavy (non-hydrogen) atoms. The van der Waals surface area contributed by atoms with Crippen LogP contribution in [-0.4, -0.2) is 30.1 Å². The average molecular weight is 172 g/mol. The predicted octanol–water partition coefficient (Wildman–Crippen LogP) is 0.0572. The lowest BCUT2D eigenvalue weighted by molar-refractivity contribution is -0.152. The number of ketones is 1. The van der Waals surface area contributed by atoms with Crippen LogP contribution in [0.2, 0.25) is 0 Å². The minimum absolute atomic E-state index is 0.142. The molecule has 0 aliphatic heterocycles. The normalized spacial score (nSPS) is 9.17. The first-order chi connectivity index (χ1) is 5.63. The molecule has 0 atom stereocenters. The van der Waals surface area contributed by atoms with E-state index < -0.39 is 18.4 Å². The van der Waals surface area contributed by atoms with Gasteiger partial charge in [0.05, 0.1) is 13.2 Å². The van der Waals surface area contributed by atoms with E-state index in [1.807, 2.05) is 6.92 Å². The number of hydrogen-bond acceptors (Lipinski definition) is 4. The van der Waals surface area contributed by atoms with E-state index in [4.69, 9.17) is 5.11 Å². The van der Waals surface area contributed by atoms with E-state index >= 15 is 0 Å². The van der Waals surface area contributed by atoms with E-state index in [0.29, 0.717) is 6.42 Å². The number of aliphatic hydroxyl groups is 1. The number of aliphatic hydroxyl groups excluding tert-OH is 1. The van der Waals surface area contributed by atoms with Crippen LogP contribution in [0.3, 0.4) is 0 Å². The van der Waals surface area contributed by atoms with Crippen molar-refractivity contribution < 1.29 is 19.4 Å². The van der Waals surface area contributed by atoms with Crippen molar-refractivity contribution in [3.63, 3.8) is 0 Å². The minimum atomic E-state index is -0.948. The molecule has 0 saturated carbocycles. The van der Waals surface area contributed by atoms with Crippen molar-refractivity contribution in [1.29, 1.82) is 0 Å². The van der Waals surface area contributed by atoms with Gasteiger partial charge in [0.25, 0.3) is 5.78 Å². The molecular formula is C8H12O4. The summed E-state index contributed by atoms with van der Waals surface area (Å²) < 4.78 is 4.52. The van der Waals surface area contributed by atoms with Gasteiger partial charge in [-0.25, -0.2) is 4.79 Å². The molecule has 0 rings (SSSR count). The first kappa shape index (κ1) is 10.8. The van der Waals surface area contributed by atoms with E-state index in [-0.39, 0.29) is 12.2 Å². The van der Waals surface area contributed by atoms with Gasteiger partial charge in [0.1, 0.15) is 0 Å². The van der Waals surface area contributed by atoms with Gasteiger partial charge in [0.2, 0.25) is 0 Å². The van der Waals surface area contributed by atoms with E-state index in [1.54, 1.807) is 0 Å². The third-order valence-electron chi connectivity index (χ3n) is 1.13. The Morgan fingerprint density at radius 1 is 1.50 bits per heavy atom. The number of rotatable bonds is 5. The molecule has 0 aliphatic carbocycles. The summed E-state index contributed by atoms with van der Waals surface area (Å²) in [5, 5.41) is 8.45. The van der Waals surface area contributed by atoms with E-state index in [0.717, 1.165) is 0 Å². The highest BCUT2D eigenvalue weighted by Gasteiger charge is 2.17. The number of Topliss-reactive ketones (excluding diaryl/α,β-unsaturated/α-hetero) is 1. The molecule has 0 heterocycles. The van der Waals surface area contributed by atoms with Crippen LogP contribution in [0.15, 0.2) is 12.2 Å². The molecule has 0 saturated heterocycles. The predicted molar refractivity (Wildman–Crippen MR) is 42.5 cm³/mol. The highest BCUT2D eigenvalue weighted by Crippen LogP contribution is 1.94. The second kappa shape index (κ2) is 5.49. The highest BCUT2D eigenvalue weighted by atomic mass is 16.5. The van der Waals surface area contributed by atoms with Gasteiger partial charge >= 0.3 is 5.97 Å². The van der Waals surface area contributed by atoms with Gasteiger partial charge in [-0.1, -0.05) is 13.5 Å². The summed E-state index contributed by atoms with van der Waals surface area (Å²) in [6.45, 7) is 4.72. The van der Waals surface area contributed by atoms with Gasteiger partial charge in [-0.15, -0.1) is 0 Å². The van der Waals surface area contributed by atoms with Crippen molar-refractivity contribution in [2.45, 2.75) is 13.3 Å². The van der Waals surface area contributed by atoms with Crippen molar-refractivity contribution in [2.24, 2.45) is 0 Å². The minimum Gasteiger partial charge on any atom is -0.460 e. The fourth-order valence-electron chi connectivity index (χ4n) is 0.476. The summed E-state index contributed by atoms with van der Waals surface area (Å²) >= 11 is 0. The van der Waals surface area contributed by atoms with E-state index in [2.05, 4.69) is 11.3 Å². The third-order valence-corrected chi connectivity index (χ3v) is 1.13. The third kappa shape index (κ3) is 3.30. The van der Waals surface area contributed by atoms with Crippen molar-refractivity contribution in [1.82, 2.24) is 0 Å². The Morgan fingerprint density at radius 3 is 2.50 bits per heavy atom. The zero-order chi connectivity index (χ0) is 9.56. The fraction of sp³-hybridized carbons (Fsp3) is 0.500. The molecule has 0 radical (unpaired) electrons. The molecule has 0 fully saturated rings. The molecule has 0 bridgehead atoms. The van der Waals surface area contributed by atoms with Gasteiger partial charge in [0, 0.05) is 5.57 Å². The topological polar surface area (TPSA) is 63.6 Å². The number of esters is 1. The summed E-state index contributed by atoms with van der Waals surface area (Å²) in [6.07, 6.45) is 0.657. The van der Waals surface area contributed by atoms with Crippen LogP contribution in [0, 0.1) is 0 Å². The molecule has 0 aromatic rings. The maximum Gasteiger partial charge on any atom is 0.379 e. The Kier molecular flexibility index (Phi) is 4.96. The largest absolute Gasteiger partial charge is 0.460 e. The Labute approximate surface area is 70.8 Å². The van der Waals surface area contributed by atoms with Gasteiger partial charge in [-0.3, -0.25) is 4.79 Å². The molecule has 0 amide bonds. The summed E-state index contributed by atoms with van der Waals surface area (Å²) in [7, 11) is 0. The first-order valence-corrected chi connectivity index (χ1v) is 3.63. The van der Waals surface area contributed by atoms with Crippen molar-refractivity contribution >= 4 is 11.8 Å². The van der Waals surface area contributed by atoms with Crippen LogP contribution in [0.4, 0.5) is 0 Å². The van der Waals surface area contributed by atoms with E-state index in [9.17, 15) is 9.59 Å². The lowest BCUT2D eigenvalue weighted by atomic mass is 10.2. The molecule has 0 aromatic heterocycles. The quantitative estimate of drug-likeness (QED) is 0.362. The molecule has 4 nitrogen and oxygen atoms in total. The SMILES string of the molecule is C=C(CO)C(=O)C(=O)OCCC. The van der Waals surface area contributed by atoms with Crippen LogP contribution in [0.25, 0.3) is 0 Å². The van der Waals surface area contributed by atoms with Crippen molar-refractivity contribution in [3.8, 4) is 0 Å². The van der Waals surface area contributed by atoms with Gasteiger partial charge in [0.15, 0.2) is 0 Å². The summed E-state index contributed by atoms with van der Waals surface area (Å²) in [5.41, 5.74) is -0.142. The molecular weight excluding hydrogens is 160 g/mol. The Bertz CT molecular complexity index is 195. The molecule has 0 aliphatic rings. The summed E-state index contributed by atoms with van der Waals surface area (Å²) in [5.74, 6) is -1.80. The maximum absolute atomic E-state index is 10.8. The fourth-order valence-corrected chi connectivity index (χ4v) is 0.476. The molecule has 0 unspecified atom stereocenters. The Morgan fingerprint density at radius 2 is 2.08 bits per heavy atom. The standard InChI is InChI=1S/C8H12O4/c1-3-4-12-8(11)7(10)6(2)5-9/h9H,2-5H2,1H3. The lowest BCUT2D eigenvalue weighted by Gasteiger charge is -2.01. The maximum atomic E-state index is 10.8. The average Bonchev–Trinajstić information content (AvgIpc) is 2.11. The van der Waals surface area contributed by atoms with Gasteiger partial charge in [-0.05, 0) is 6.42 Å². The van der Waals surface area contributed by atoms with Crippen molar-refractivity contribution in [3.05, 3.63) is 12.2 Å². The number of ether oxygens (including phenoxy) is 1. The van der Waals surface area contributed by atoms with Crippen LogP contribution in [0.1, 0.15) is 13.3 Å². The molecule has 68 valence electrons. The highest BCUT2D eigenvalue weighted by molar-refractivity contribution is 6.40. The number of carbonyl (C=O) groups is 2.